The number of benzene rings is 2. The van der Waals surface area contributed by atoms with Crippen molar-refractivity contribution in [2.75, 3.05) is 0 Å². The number of hydrogen-bond acceptors (Lipinski definition) is 6. The molecule has 11 heteroatoms. The molecule has 0 heterocycles. The van der Waals surface area contributed by atoms with Crippen LogP contribution >= 0.6 is 40.3 Å². The van der Waals surface area contributed by atoms with Gasteiger partial charge in [0, 0.05) is 12.5 Å². The van der Waals surface area contributed by atoms with Gasteiger partial charge in [0.1, 0.15) is 17.5 Å². The lowest BCUT2D eigenvalue weighted by atomic mass is 9.99. The number of aliphatic hydroxyl groups is 1. The predicted molar refractivity (Wildman–Crippen MR) is 127 cm³/mol. The fourth-order valence-electron chi connectivity index (χ4n) is 2.78. The highest BCUT2D eigenvalue weighted by molar-refractivity contribution is 9.11. The van der Waals surface area contributed by atoms with E-state index >= 15 is 0 Å². The van der Waals surface area contributed by atoms with Gasteiger partial charge in [0.25, 0.3) is 11.2 Å². The van der Waals surface area contributed by atoms with E-state index in [0.717, 1.165) is 0 Å². The zero-order valence-electron chi connectivity index (χ0n) is 17.5. The molecule has 0 aliphatic rings. The summed E-state index contributed by atoms with van der Waals surface area (Å²) in [6, 6.07) is 6.01. The summed E-state index contributed by atoms with van der Waals surface area (Å²) in [5.41, 5.74) is 0.254. The van der Waals surface area contributed by atoms with Crippen LogP contribution in [-0.4, -0.2) is 33.2 Å². The van der Waals surface area contributed by atoms with Crippen LogP contribution in [0.5, 0.6) is 17.2 Å². The van der Waals surface area contributed by atoms with Crippen molar-refractivity contribution >= 4 is 52.2 Å². The first-order valence-electron chi connectivity index (χ1n) is 9.57. The number of aliphatic carboxylic acids is 1. The van der Waals surface area contributed by atoms with Crippen molar-refractivity contribution in [2.45, 2.75) is 38.6 Å². The fraction of sp³-hybridized carbons (Fsp3) is 0.333. The zero-order chi connectivity index (χ0) is 24.2. The molecule has 0 bridgehead atoms. The van der Waals surface area contributed by atoms with Crippen LogP contribution in [0, 0.1) is 5.92 Å². The minimum Gasteiger partial charge on any atom is -0.507 e. The summed E-state index contributed by atoms with van der Waals surface area (Å²) in [7, 11) is -0.979. The lowest BCUT2D eigenvalue weighted by molar-refractivity contribution is -0.140. The van der Waals surface area contributed by atoms with Crippen LogP contribution in [0.4, 0.5) is 0 Å². The van der Waals surface area contributed by atoms with Gasteiger partial charge in [0.15, 0.2) is 5.75 Å². The lowest BCUT2D eigenvalue weighted by Gasteiger charge is -2.20. The summed E-state index contributed by atoms with van der Waals surface area (Å²) in [5.74, 6) is -2.03. The summed E-state index contributed by atoms with van der Waals surface area (Å²) in [4.78, 5) is 24.2. The number of carbonyl (C=O) groups is 2. The first-order valence-corrected chi connectivity index (χ1v) is 12.1. The molecule has 0 fully saturated rings. The molecule has 0 radical (unpaired) electrons. The number of carboxylic acid groups (broad SMARTS) is 1. The number of halogens is 2. The average Bonchev–Trinajstić information content (AvgIpc) is 2.74. The molecule has 32 heavy (non-hydrogen) atoms. The monoisotopic (exact) mass is 590 g/mol. The van der Waals surface area contributed by atoms with Gasteiger partial charge in [-0.15, -0.1) is 0 Å². The molecule has 2 aromatic rings. The van der Waals surface area contributed by atoms with E-state index in [1.807, 2.05) is 6.92 Å². The molecule has 0 saturated carbocycles. The Balaban J connectivity index is 2.35. The Morgan fingerprint density at radius 2 is 1.81 bits per heavy atom. The van der Waals surface area contributed by atoms with E-state index in [2.05, 4.69) is 37.2 Å². The van der Waals surface area contributed by atoms with E-state index in [0.29, 0.717) is 26.7 Å². The van der Waals surface area contributed by atoms with E-state index in [1.54, 1.807) is 19.1 Å². The molecule has 172 valence electrons. The molecule has 2 aromatic carbocycles. The molecule has 4 unspecified atom stereocenters. The standard InChI is InChI=1S/C21H22Br2NO7P/c1-4-10(2)17(20(27)28)24-19(26)13-9-12(5-6-16(13)25)31-18-14(22)7-11(8-15(18)23)21(3,29)32-30/h5-10,17,25,29H,4H2,1-3H3,(H,24,26)(H,27,28)/p+1. The number of rotatable bonds is 9. The van der Waals surface area contributed by atoms with Gasteiger partial charge in [0.05, 0.1) is 14.5 Å². The van der Waals surface area contributed by atoms with Gasteiger partial charge in [-0.2, -0.15) is 0 Å². The van der Waals surface area contributed by atoms with E-state index in [-0.39, 0.29) is 23.0 Å². The number of phenols is 1. The number of nitrogens with one attached hydrogen (secondary N) is 1. The van der Waals surface area contributed by atoms with Crippen molar-refractivity contribution in [2.24, 2.45) is 5.92 Å². The third kappa shape index (κ3) is 6.07. The number of carboxylic acids is 1. The van der Waals surface area contributed by atoms with Crippen LogP contribution in [0.25, 0.3) is 0 Å². The normalized spacial score (nSPS) is 14.9. The van der Waals surface area contributed by atoms with Gasteiger partial charge in [-0.1, -0.05) is 24.8 Å². The molecule has 8 nitrogen and oxygen atoms in total. The number of hydrogen-bond donors (Lipinski definition) is 4. The molecule has 4 atom stereocenters. The summed E-state index contributed by atoms with van der Waals surface area (Å²) in [6.45, 7) is 4.94. The molecule has 0 aromatic heterocycles. The minimum atomic E-state index is -1.54. The van der Waals surface area contributed by atoms with Gasteiger partial charge in [-0.25, -0.2) is 4.79 Å². The van der Waals surface area contributed by atoms with Crippen LogP contribution in [0.3, 0.4) is 0 Å². The predicted octanol–water partition coefficient (Wildman–Crippen LogP) is 5.13. The summed E-state index contributed by atoms with van der Waals surface area (Å²) in [6.07, 6.45) is 0.546. The van der Waals surface area contributed by atoms with Crippen molar-refractivity contribution in [3.8, 4) is 17.2 Å². The number of ether oxygens (including phenoxy) is 1. The van der Waals surface area contributed by atoms with Gasteiger partial charge < -0.3 is 25.4 Å². The minimum absolute atomic E-state index is 0.142. The maximum absolute atomic E-state index is 12.7. The van der Waals surface area contributed by atoms with E-state index in [1.165, 1.54) is 25.1 Å². The maximum Gasteiger partial charge on any atom is 0.364 e. The molecule has 0 saturated heterocycles. The molecule has 2 rings (SSSR count). The molecule has 0 aliphatic carbocycles. The SMILES string of the molecule is CCC(C)C(NC(=O)c1cc(Oc2c(Br)cc(C(C)(O)[PH+]=O)cc2Br)ccc1O)C(=O)O. The molecular formula is C21H23Br2NO7P+. The Labute approximate surface area is 203 Å². The Morgan fingerprint density at radius 3 is 2.31 bits per heavy atom. The quantitative estimate of drug-likeness (QED) is 0.297. The van der Waals surface area contributed by atoms with Crippen LogP contribution in [0.1, 0.15) is 43.1 Å². The smallest absolute Gasteiger partial charge is 0.364 e. The molecular weight excluding hydrogens is 569 g/mol. The van der Waals surface area contributed by atoms with E-state index < -0.39 is 31.7 Å². The largest absolute Gasteiger partial charge is 0.507 e. The second kappa shape index (κ2) is 10.7. The summed E-state index contributed by atoms with van der Waals surface area (Å²) < 4.78 is 18.0. The first kappa shape index (κ1) is 26.3. The van der Waals surface area contributed by atoms with Gasteiger partial charge in [-0.3, -0.25) is 4.79 Å². The van der Waals surface area contributed by atoms with Gasteiger partial charge in [-0.05, 0) is 68.1 Å². The highest BCUT2D eigenvalue weighted by Crippen LogP contribution is 2.42. The van der Waals surface area contributed by atoms with E-state index in [9.17, 15) is 29.5 Å². The topological polar surface area (TPSA) is 133 Å². The Bertz CT molecular complexity index is 1020. The highest BCUT2D eigenvalue weighted by Gasteiger charge is 2.33. The zero-order valence-corrected chi connectivity index (χ0v) is 21.7. The van der Waals surface area contributed by atoms with Gasteiger partial charge >= 0.3 is 14.4 Å². The van der Waals surface area contributed by atoms with Crippen LogP contribution in [0.2, 0.25) is 0 Å². The van der Waals surface area contributed by atoms with Crippen LogP contribution < -0.4 is 10.1 Å². The summed E-state index contributed by atoms with van der Waals surface area (Å²) >= 11 is 6.71. The van der Waals surface area contributed by atoms with Crippen molar-refractivity contribution < 1.29 is 34.2 Å². The van der Waals surface area contributed by atoms with E-state index in [4.69, 9.17) is 4.74 Å². The number of amides is 1. The number of aromatic hydroxyl groups is 1. The Hall–Kier alpha value is -2.00. The van der Waals surface area contributed by atoms with Crippen molar-refractivity contribution in [1.29, 1.82) is 0 Å². The van der Waals surface area contributed by atoms with Crippen molar-refractivity contribution in [3.63, 3.8) is 0 Å². The first-order chi connectivity index (χ1) is 14.9. The van der Waals surface area contributed by atoms with Crippen molar-refractivity contribution in [3.05, 3.63) is 50.4 Å². The van der Waals surface area contributed by atoms with Gasteiger partial charge in [0.2, 0.25) is 0 Å². The van der Waals surface area contributed by atoms with Crippen LogP contribution in [-0.2, 0) is 14.7 Å². The molecule has 4 N–H and O–H groups in total. The van der Waals surface area contributed by atoms with Crippen molar-refractivity contribution in [1.82, 2.24) is 5.32 Å². The second-order valence-corrected chi connectivity index (χ2v) is 10.3. The lowest BCUT2D eigenvalue weighted by Crippen LogP contribution is -2.45. The third-order valence-electron chi connectivity index (χ3n) is 4.96. The maximum atomic E-state index is 12.7. The molecule has 0 spiro atoms. The summed E-state index contributed by atoms with van der Waals surface area (Å²) in [5, 5.41) is 30.7. The third-order valence-corrected chi connectivity index (χ3v) is 6.82. The molecule has 0 aliphatic heterocycles. The number of carbonyl (C=O) groups excluding carboxylic acids is 1. The van der Waals surface area contributed by atoms with Crippen LogP contribution in [0.15, 0.2) is 39.3 Å². The second-order valence-electron chi connectivity index (χ2n) is 7.40. The highest BCUT2D eigenvalue weighted by atomic mass is 79.9. The average molecular weight is 592 g/mol. The number of phenolic OH excluding ortho intramolecular Hbond substituents is 1. The Morgan fingerprint density at radius 1 is 1.22 bits per heavy atom. The fourth-order valence-corrected chi connectivity index (χ4v) is 4.39. The molecule has 1 amide bonds. The Kier molecular flexibility index (Phi) is 8.82.